The third kappa shape index (κ3) is 6.38. The van der Waals surface area contributed by atoms with Crippen molar-refractivity contribution in [2.45, 2.75) is 50.7 Å². The first-order valence-electron chi connectivity index (χ1n) is 11.1. The molecule has 0 unspecified atom stereocenters. The van der Waals surface area contributed by atoms with Crippen molar-refractivity contribution in [2.24, 2.45) is 0 Å². The Hall–Kier alpha value is -2.80. The van der Waals surface area contributed by atoms with Gasteiger partial charge in [-0.1, -0.05) is 37.5 Å². The highest BCUT2D eigenvalue weighted by Gasteiger charge is 2.33. The molecule has 1 N–H and O–H groups in total. The summed E-state index contributed by atoms with van der Waals surface area (Å²) in [5.41, 5.74) is 1.26. The molecule has 1 aliphatic rings. The smallest absolute Gasteiger partial charge is 0.247 e. The number of methoxy groups -OCH3 is 2. The number of carbonyl (C=O) groups excluding carboxylic acids is 2. The molecule has 2 aromatic carbocycles. The molecule has 0 aliphatic heterocycles. The number of carbonyl (C=O) groups is 2. The van der Waals surface area contributed by atoms with Gasteiger partial charge in [-0.15, -0.1) is 11.6 Å². The number of ether oxygens (including phenoxy) is 2. The summed E-state index contributed by atoms with van der Waals surface area (Å²) in [7, 11) is 3.04. The fourth-order valence-electron chi connectivity index (χ4n) is 4.21. The number of hydrogen-bond donors (Lipinski definition) is 1. The quantitative estimate of drug-likeness (QED) is 0.537. The molecular formula is C25H30ClFN2O4. The van der Waals surface area contributed by atoms with Crippen LogP contribution in [0.3, 0.4) is 0 Å². The number of alkyl halides is 1. The highest BCUT2D eigenvalue weighted by atomic mass is 35.5. The molecule has 178 valence electrons. The number of amides is 2. The second-order valence-electron chi connectivity index (χ2n) is 8.14. The van der Waals surface area contributed by atoms with Gasteiger partial charge in [0.15, 0.2) is 11.5 Å². The Labute approximate surface area is 199 Å². The molecule has 2 aromatic rings. The van der Waals surface area contributed by atoms with Gasteiger partial charge in [-0.2, -0.15) is 0 Å². The van der Waals surface area contributed by atoms with Crippen molar-refractivity contribution >= 4 is 23.4 Å². The lowest BCUT2D eigenvalue weighted by atomic mass is 9.94. The molecule has 33 heavy (non-hydrogen) atoms. The van der Waals surface area contributed by atoms with E-state index in [1.165, 1.54) is 31.3 Å². The predicted octanol–water partition coefficient (Wildman–Crippen LogP) is 4.60. The number of hydrogen-bond acceptors (Lipinski definition) is 4. The average Bonchev–Trinajstić information content (AvgIpc) is 2.84. The summed E-state index contributed by atoms with van der Waals surface area (Å²) in [6.07, 6.45) is 5.10. The number of nitrogens with zero attached hydrogens (tertiary/aromatic N) is 1. The summed E-state index contributed by atoms with van der Waals surface area (Å²) in [4.78, 5) is 28.0. The maximum absolute atomic E-state index is 13.6. The Kier molecular flexibility index (Phi) is 8.95. The van der Waals surface area contributed by atoms with E-state index in [0.29, 0.717) is 22.6 Å². The molecule has 6 nitrogen and oxygen atoms in total. The van der Waals surface area contributed by atoms with Gasteiger partial charge in [0.2, 0.25) is 11.8 Å². The lowest BCUT2D eigenvalue weighted by Gasteiger charge is -2.33. The number of rotatable bonds is 9. The standard InChI is InChI=1S/C25H30ClFN2O4/c1-32-21-13-10-18(14-22(21)33-2)24(25(31)28-20-6-4-3-5-7-20)29(23(30)15-26)16-17-8-11-19(27)12-9-17/h8-14,20,24H,3-7,15-16H2,1-2H3,(H,28,31)/t24-/m1/s1. The maximum atomic E-state index is 13.6. The van der Waals surface area contributed by atoms with Crippen molar-refractivity contribution in [3.05, 3.63) is 59.4 Å². The largest absolute Gasteiger partial charge is 0.493 e. The zero-order valence-electron chi connectivity index (χ0n) is 19.0. The van der Waals surface area contributed by atoms with Crippen molar-refractivity contribution in [1.29, 1.82) is 0 Å². The maximum Gasteiger partial charge on any atom is 0.247 e. The van der Waals surface area contributed by atoms with E-state index in [4.69, 9.17) is 21.1 Å². The van der Waals surface area contributed by atoms with Crippen molar-refractivity contribution in [3.8, 4) is 11.5 Å². The molecular weight excluding hydrogens is 447 g/mol. The summed E-state index contributed by atoms with van der Waals surface area (Å²) in [5.74, 6) is -0.386. The van der Waals surface area contributed by atoms with Gasteiger partial charge in [-0.25, -0.2) is 4.39 Å². The Morgan fingerprint density at radius 2 is 1.73 bits per heavy atom. The van der Waals surface area contributed by atoms with Crippen LogP contribution in [0.15, 0.2) is 42.5 Å². The number of halogens is 2. The van der Waals surface area contributed by atoms with Crippen LogP contribution in [0.25, 0.3) is 0 Å². The Bertz CT molecular complexity index is 948. The van der Waals surface area contributed by atoms with E-state index in [0.717, 1.165) is 32.1 Å². The molecule has 0 radical (unpaired) electrons. The van der Waals surface area contributed by atoms with Crippen LogP contribution in [0.5, 0.6) is 11.5 Å². The number of nitrogens with one attached hydrogen (secondary N) is 1. The van der Waals surface area contributed by atoms with Crippen LogP contribution < -0.4 is 14.8 Å². The molecule has 0 heterocycles. The van der Waals surface area contributed by atoms with Crippen LogP contribution in [-0.4, -0.2) is 42.9 Å². The van der Waals surface area contributed by atoms with Gasteiger partial charge in [0.25, 0.3) is 0 Å². The van der Waals surface area contributed by atoms with E-state index in [2.05, 4.69) is 5.32 Å². The van der Waals surface area contributed by atoms with Crippen LogP contribution >= 0.6 is 11.6 Å². The fraction of sp³-hybridized carbons (Fsp3) is 0.440. The summed E-state index contributed by atoms with van der Waals surface area (Å²) in [5, 5.41) is 3.13. The van der Waals surface area contributed by atoms with Crippen LogP contribution in [0.4, 0.5) is 4.39 Å². The third-order valence-corrected chi connectivity index (χ3v) is 6.16. The van der Waals surface area contributed by atoms with E-state index in [1.807, 2.05) is 0 Å². The van der Waals surface area contributed by atoms with E-state index < -0.39 is 11.9 Å². The first kappa shape index (κ1) is 24.8. The van der Waals surface area contributed by atoms with Gasteiger partial charge in [0.05, 0.1) is 14.2 Å². The van der Waals surface area contributed by atoms with Gasteiger partial charge >= 0.3 is 0 Å². The zero-order valence-corrected chi connectivity index (χ0v) is 19.7. The van der Waals surface area contributed by atoms with Crippen molar-refractivity contribution in [1.82, 2.24) is 10.2 Å². The van der Waals surface area contributed by atoms with Gasteiger partial charge in [-0.3, -0.25) is 9.59 Å². The van der Waals surface area contributed by atoms with E-state index in [-0.39, 0.29) is 30.2 Å². The van der Waals surface area contributed by atoms with E-state index in [1.54, 1.807) is 30.3 Å². The molecule has 0 aromatic heterocycles. The Morgan fingerprint density at radius 1 is 1.06 bits per heavy atom. The molecule has 1 saturated carbocycles. The molecule has 1 atom stereocenters. The normalized spacial score (nSPS) is 14.9. The highest BCUT2D eigenvalue weighted by Crippen LogP contribution is 2.33. The first-order valence-corrected chi connectivity index (χ1v) is 11.6. The molecule has 0 bridgehead atoms. The van der Waals surface area contributed by atoms with Crippen LogP contribution in [0.1, 0.15) is 49.3 Å². The van der Waals surface area contributed by atoms with Crippen molar-refractivity contribution in [2.75, 3.05) is 20.1 Å². The SMILES string of the molecule is COc1ccc([C@H](C(=O)NC2CCCCC2)N(Cc2ccc(F)cc2)C(=O)CCl)cc1OC. The molecule has 1 fully saturated rings. The molecule has 3 rings (SSSR count). The van der Waals surface area contributed by atoms with Crippen LogP contribution in [-0.2, 0) is 16.1 Å². The second kappa shape index (κ2) is 11.9. The van der Waals surface area contributed by atoms with Gasteiger partial charge in [0.1, 0.15) is 17.7 Å². The lowest BCUT2D eigenvalue weighted by Crippen LogP contribution is -2.47. The molecule has 1 aliphatic carbocycles. The summed E-state index contributed by atoms with van der Waals surface area (Å²) in [6.45, 7) is 0.100. The van der Waals surface area contributed by atoms with E-state index >= 15 is 0 Å². The molecule has 2 amide bonds. The third-order valence-electron chi connectivity index (χ3n) is 5.94. The second-order valence-corrected chi connectivity index (χ2v) is 8.41. The fourth-order valence-corrected chi connectivity index (χ4v) is 4.36. The lowest BCUT2D eigenvalue weighted by molar-refractivity contribution is -0.140. The summed E-state index contributed by atoms with van der Waals surface area (Å²) in [6, 6.07) is 10.1. The molecule has 0 saturated heterocycles. The predicted molar refractivity (Wildman–Crippen MR) is 125 cm³/mol. The summed E-state index contributed by atoms with van der Waals surface area (Å²) >= 11 is 5.94. The topological polar surface area (TPSA) is 67.9 Å². The minimum absolute atomic E-state index is 0.0627. The minimum Gasteiger partial charge on any atom is -0.493 e. The average molecular weight is 477 g/mol. The summed E-state index contributed by atoms with van der Waals surface area (Å²) < 4.78 is 24.2. The van der Waals surface area contributed by atoms with Gasteiger partial charge < -0.3 is 19.7 Å². The Balaban J connectivity index is 2.00. The van der Waals surface area contributed by atoms with Gasteiger partial charge in [0, 0.05) is 12.6 Å². The zero-order chi connectivity index (χ0) is 23.8. The monoisotopic (exact) mass is 476 g/mol. The van der Waals surface area contributed by atoms with Crippen molar-refractivity contribution < 1.29 is 23.5 Å². The first-order chi connectivity index (χ1) is 16.0. The van der Waals surface area contributed by atoms with Crippen LogP contribution in [0.2, 0.25) is 0 Å². The van der Waals surface area contributed by atoms with E-state index in [9.17, 15) is 14.0 Å². The Morgan fingerprint density at radius 3 is 2.33 bits per heavy atom. The van der Waals surface area contributed by atoms with Crippen LogP contribution in [0, 0.1) is 5.82 Å². The molecule has 0 spiro atoms. The number of benzene rings is 2. The highest BCUT2D eigenvalue weighted by molar-refractivity contribution is 6.27. The minimum atomic E-state index is -0.942. The molecule has 8 heteroatoms. The van der Waals surface area contributed by atoms with Crippen molar-refractivity contribution in [3.63, 3.8) is 0 Å². The van der Waals surface area contributed by atoms with Gasteiger partial charge in [-0.05, 0) is 48.2 Å².